The molecular weight excluding hydrogens is 220 g/mol. The molecule has 0 N–H and O–H groups in total. The molecule has 0 aromatic carbocycles. The van der Waals surface area contributed by atoms with E-state index in [1.807, 2.05) is 13.8 Å². The number of hydrogen-bond acceptors (Lipinski definition) is 3. The Morgan fingerprint density at radius 3 is 1.94 bits per heavy atom. The van der Waals surface area contributed by atoms with E-state index in [2.05, 4.69) is 20.8 Å². The van der Waals surface area contributed by atoms with Crippen molar-refractivity contribution in [3.05, 3.63) is 0 Å². The smallest absolute Gasteiger partial charge is 0.374 e. The van der Waals surface area contributed by atoms with Gasteiger partial charge in [-0.1, -0.05) is 20.3 Å². The molecule has 1 unspecified atom stereocenters. The summed E-state index contributed by atoms with van der Waals surface area (Å²) in [7, 11) is -2.40. The maximum Gasteiger partial charge on any atom is 0.501 e. The summed E-state index contributed by atoms with van der Waals surface area (Å²) < 4.78 is 17.7. The van der Waals surface area contributed by atoms with Gasteiger partial charge in [-0.15, -0.1) is 0 Å². The lowest BCUT2D eigenvalue weighted by Crippen LogP contribution is -2.47. The third-order valence-corrected chi connectivity index (χ3v) is 5.71. The quantitative estimate of drug-likeness (QED) is 0.553. The van der Waals surface area contributed by atoms with Gasteiger partial charge in [0.25, 0.3) is 0 Å². The summed E-state index contributed by atoms with van der Waals surface area (Å²) in [5.74, 6) is 0. The van der Waals surface area contributed by atoms with Crippen LogP contribution in [0.3, 0.4) is 0 Å². The Morgan fingerprint density at radius 1 is 1.00 bits per heavy atom. The van der Waals surface area contributed by atoms with Crippen LogP contribution in [0, 0.1) is 0 Å². The molecule has 0 saturated carbocycles. The van der Waals surface area contributed by atoms with Gasteiger partial charge in [0.2, 0.25) is 0 Å². The van der Waals surface area contributed by atoms with Crippen LogP contribution in [-0.2, 0) is 13.3 Å². The fourth-order valence-electron chi connectivity index (χ4n) is 1.54. The van der Waals surface area contributed by atoms with Crippen molar-refractivity contribution in [2.45, 2.75) is 66.0 Å². The first-order valence-corrected chi connectivity index (χ1v) is 8.52. The highest BCUT2D eigenvalue weighted by atomic mass is 28.4. The van der Waals surface area contributed by atoms with Crippen LogP contribution < -0.4 is 0 Å². The van der Waals surface area contributed by atoms with E-state index in [9.17, 15) is 0 Å². The fraction of sp³-hybridized carbons (Fsp3) is 1.00. The first-order chi connectivity index (χ1) is 7.64. The van der Waals surface area contributed by atoms with Crippen molar-refractivity contribution in [3.63, 3.8) is 0 Å². The average Bonchev–Trinajstić information content (AvgIpc) is 2.27. The van der Waals surface area contributed by atoms with Gasteiger partial charge in [-0.25, -0.2) is 0 Å². The number of rotatable bonds is 10. The van der Waals surface area contributed by atoms with E-state index in [0.717, 1.165) is 25.3 Å². The molecule has 0 aromatic heterocycles. The summed E-state index contributed by atoms with van der Waals surface area (Å²) in [6, 6.07) is 0.940. The predicted octanol–water partition coefficient (Wildman–Crippen LogP) is 3.61. The highest BCUT2D eigenvalue weighted by Crippen LogP contribution is 2.21. The van der Waals surface area contributed by atoms with Gasteiger partial charge < -0.3 is 13.3 Å². The summed E-state index contributed by atoms with van der Waals surface area (Å²) in [5.41, 5.74) is 0. The van der Waals surface area contributed by atoms with Crippen molar-refractivity contribution < 1.29 is 13.3 Å². The monoisotopic (exact) mass is 248 g/mol. The summed E-state index contributed by atoms with van der Waals surface area (Å²) in [5, 5.41) is 0. The molecule has 1 atom stereocenters. The molecule has 0 spiro atoms. The third kappa shape index (κ3) is 5.99. The van der Waals surface area contributed by atoms with Gasteiger partial charge in [0.05, 0.1) is 0 Å². The summed E-state index contributed by atoms with van der Waals surface area (Å²) in [4.78, 5) is 0. The molecular formula is C12H28O3Si. The van der Waals surface area contributed by atoms with E-state index in [0.29, 0.717) is 13.2 Å². The van der Waals surface area contributed by atoms with Crippen LogP contribution in [0.25, 0.3) is 0 Å². The van der Waals surface area contributed by atoms with E-state index < -0.39 is 8.80 Å². The zero-order valence-electron chi connectivity index (χ0n) is 11.5. The number of unbranched alkanes of at least 4 members (excludes halogenated alkanes) is 1. The summed E-state index contributed by atoms with van der Waals surface area (Å²) in [6.45, 7) is 11.8. The van der Waals surface area contributed by atoms with Crippen LogP contribution in [-0.4, -0.2) is 28.1 Å². The highest BCUT2D eigenvalue weighted by molar-refractivity contribution is 6.60. The minimum Gasteiger partial charge on any atom is -0.374 e. The molecule has 3 nitrogen and oxygen atoms in total. The molecule has 0 aliphatic heterocycles. The molecule has 0 rings (SSSR count). The van der Waals surface area contributed by atoms with E-state index in [1.165, 1.54) is 0 Å². The van der Waals surface area contributed by atoms with Gasteiger partial charge >= 0.3 is 8.80 Å². The topological polar surface area (TPSA) is 27.7 Å². The first-order valence-electron chi connectivity index (χ1n) is 6.59. The summed E-state index contributed by atoms with van der Waals surface area (Å²) >= 11 is 0. The zero-order valence-corrected chi connectivity index (χ0v) is 12.5. The number of hydrogen-bond donors (Lipinski definition) is 0. The molecule has 0 aromatic rings. The van der Waals surface area contributed by atoms with Gasteiger partial charge in [0.1, 0.15) is 0 Å². The lowest BCUT2D eigenvalue weighted by molar-refractivity contribution is 0.0367. The normalized spacial score (nSPS) is 14.1. The van der Waals surface area contributed by atoms with Crippen LogP contribution in [0.2, 0.25) is 6.04 Å². The van der Waals surface area contributed by atoms with Crippen molar-refractivity contribution in [1.82, 2.24) is 0 Å². The molecule has 0 aliphatic rings. The van der Waals surface area contributed by atoms with Gasteiger partial charge in [-0.05, 0) is 33.6 Å². The van der Waals surface area contributed by atoms with Crippen LogP contribution >= 0.6 is 0 Å². The van der Waals surface area contributed by atoms with Gasteiger partial charge in [-0.3, -0.25) is 0 Å². The fourth-order valence-corrected chi connectivity index (χ4v) is 4.61. The van der Waals surface area contributed by atoms with Crippen molar-refractivity contribution in [3.8, 4) is 0 Å². The van der Waals surface area contributed by atoms with Crippen LogP contribution in [0.1, 0.15) is 53.9 Å². The molecule has 0 aliphatic carbocycles. The van der Waals surface area contributed by atoms with E-state index in [1.54, 1.807) is 0 Å². The second-order valence-corrected chi connectivity index (χ2v) is 6.67. The maximum absolute atomic E-state index is 6.06. The minimum absolute atomic E-state index is 0.224. The molecule has 16 heavy (non-hydrogen) atoms. The first kappa shape index (κ1) is 16.1. The molecule has 0 radical (unpaired) electrons. The third-order valence-electron chi connectivity index (χ3n) is 2.52. The Hall–Kier alpha value is 0.0969. The van der Waals surface area contributed by atoms with Crippen molar-refractivity contribution in [2.75, 3.05) is 13.2 Å². The summed E-state index contributed by atoms with van der Waals surface area (Å²) in [6.07, 6.45) is 3.49. The van der Waals surface area contributed by atoms with Crippen LogP contribution in [0.4, 0.5) is 0 Å². The van der Waals surface area contributed by atoms with Crippen molar-refractivity contribution in [1.29, 1.82) is 0 Å². The predicted molar refractivity (Wildman–Crippen MR) is 69.6 cm³/mol. The highest BCUT2D eigenvalue weighted by Gasteiger charge is 2.41. The molecule has 0 heterocycles. The van der Waals surface area contributed by atoms with E-state index >= 15 is 0 Å². The second kappa shape index (κ2) is 9.16. The van der Waals surface area contributed by atoms with Gasteiger partial charge in [-0.2, -0.15) is 0 Å². The Kier molecular flexibility index (Phi) is 9.22. The van der Waals surface area contributed by atoms with Crippen molar-refractivity contribution in [2.24, 2.45) is 0 Å². The molecule has 98 valence electrons. The molecule has 0 amide bonds. The average molecular weight is 248 g/mol. The van der Waals surface area contributed by atoms with Gasteiger partial charge in [0.15, 0.2) is 0 Å². The van der Waals surface area contributed by atoms with Crippen LogP contribution in [0.5, 0.6) is 0 Å². The SMILES string of the molecule is CCCC[Si](OCC)(OCC)OC(C)CC. The van der Waals surface area contributed by atoms with Crippen molar-refractivity contribution >= 4 is 8.80 Å². The zero-order chi connectivity index (χ0) is 12.4. The van der Waals surface area contributed by atoms with Gasteiger partial charge in [0, 0.05) is 25.4 Å². The van der Waals surface area contributed by atoms with E-state index in [4.69, 9.17) is 13.3 Å². The molecule has 4 heteroatoms. The lowest BCUT2D eigenvalue weighted by atomic mass is 10.3. The Bertz CT molecular complexity index is 158. The lowest BCUT2D eigenvalue weighted by Gasteiger charge is -2.31. The molecule has 0 bridgehead atoms. The standard InChI is InChI=1S/C12H28O3Si/c1-6-10-11-16(13-8-3,14-9-4)15-12(5)7-2/h12H,6-11H2,1-5H3. The Morgan fingerprint density at radius 2 is 1.56 bits per heavy atom. The maximum atomic E-state index is 6.06. The second-order valence-electron chi connectivity index (χ2n) is 3.99. The Balaban J connectivity index is 4.48. The minimum atomic E-state index is -2.40. The van der Waals surface area contributed by atoms with Crippen LogP contribution in [0.15, 0.2) is 0 Å². The largest absolute Gasteiger partial charge is 0.501 e. The molecule has 0 saturated heterocycles. The van der Waals surface area contributed by atoms with E-state index in [-0.39, 0.29) is 6.10 Å². The Labute approximate surface area is 102 Å². The molecule has 0 fully saturated rings.